The molecule has 1 amide bonds. The van der Waals surface area contributed by atoms with Crippen LogP contribution in [0, 0.1) is 11.6 Å². The lowest BCUT2D eigenvalue weighted by Crippen LogP contribution is -2.47. The molecule has 0 radical (unpaired) electrons. The van der Waals surface area contributed by atoms with Crippen LogP contribution in [0.25, 0.3) is 0 Å². The van der Waals surface area contributed by atoms with Gasteiger partial charge in [0.05, 0.1) is 12.0 Å². The molecule has 1 aliphatic heterocycles. The van der Waals surface area contributed by atoms with Gasteiger partial charge in [-0.05, 0) is 25.5 Å². The minimum Gasteiger partial charge on any atom is -0.330 e. The summed E-state index contributed by atoms with van der Waals surface area (Å²) < 4.78 is 26.3. The zero-order chi connectivity index (χ0) is 14.2. The zero-order valence-corrected chi connectivity index (χ0v) is 10.9. The summed E-state index contributed by atoms with van der Waals surface area (Å²) in [5, 5.41) is 0. The van der Waals surface area contributed by atoms with Crippen molar-refractivity contribution >= 4 is 11.7 Å². The fourth-order valence-electron chi connectivity index (χ4n) is 2.31. The average Bonchev–Trinajstić information content (AvgIpc) is 2.58. The second-order valence-corrected chi connectivity index (χ2v) is 5.19. The Hall–Kier alpha value is -1.78. The van der Waals surface area contributed by atoms with Crippen molar-refractivity contribution in [2.45, 2.75) is 32.2 Å². The summed E-state index contributed by atoms with van der Waals surface area (Å²) in [5.74, 6) is -1.73. The van der Waals surface area contributed by atoms with Gasteiger partial charge in [-0.1, -0.05) is 6.07 Å². The van der Waals surface area contributed by atoms with Crippen molar-refractivity contribution < 1.29 is 18.4 Å². The number of hydrogen-bond donors (Lipinski definition) is 0. The van der Waals surface area contributed by atoms with Crippen molar-refractivity contribution in [3.63, 3.8) is 0 Å². The molecule has 0 saturated carbocycles. The molecule has 0 spiro atoms. The average molecular weight is 267 g/mol. The molecule has 5 heteroatoms. The third kappa shape index (κ3) is 2.50. The van der Waals surface area contributed by atoms with E-state index in [9.17, 15) is 18.4 Å². The van der Waals surface area contributed by atoms with Gasteiger partial charge in [-0.25, -0.2) is 8.78 Å². The number of rotatable bonds is 2. The number of Topliss-reactive ketones (excluding diaryl/α,β-unsaturated/α-hetero) is 1. The Morgan fingerprint density at radius 3 is 2.58 bits per heavy atom. The first kappa shape index (κ1) is 13.6. The highest BCUT2D eigenvalue weighted by Crippen LogP contribution is 2.26. The minimum absolute atomic E-state index is 0.000396. The quantitative estimate of drug-likeness (QED) is 0.822. The molecule has 1 saturated heterocycles. The number of halogens is 2. The lowest BCUT2D eigenvalue weighted by molar-refractivity contribution is -0.138. The SMILES string of the molecule is CC1(C)C(=O)CCN1C(=O)Cc1ccc(F)cc1F. The van der Waals surface area contributed by atoms with E-state index >= 15 is 0 Å². The molecule has 0 atom stereocenters. The van der Waals surface area contributed by atoms with Crippen LogP contribution in [0.2, 0.25) is 0 Å². The maximum atomic E-state index is 13.5. The Kier molecular flexibility index (Phi) is 3.39. The fraction of sp³-hybridized carbons (Fsp3) is 0.429. The van der Waals surface area contributed by atoms with E-state index in [0.717, 1.165) is 12.1 Å². The number of benzene rings is 1. The monoisotopic (exact) mass is 267 g/mol. The van der Waals surface area contributed by atoms with Crippen LogP contribution in [-0.2, 0) is 16.0 Å². The molecule has 0 unspecified atom stereocenters. The second-order valence-electron chi connectivity index (χ2n) is 5.19. The first-order valence-electron chi connectivity index (χ1n) is 6.10. The molecule has 19 heavy (non-hydrogen) atoms. The first-order chi connectivity index (χ1) is 8.82. The number of ketones is 1. The summed E-state index contributed by atoms with van der Waals surface area (Å²) in [7, 11) is 0. The van der Waals surface area contributed by atoms with E-state index in [-0.39, 0.29) is 23.7 Å². The molecule has 1 heterocycles. The fourth-order valence-corrected chi connectivity index (χ4v) is 2.31. The van der Waals surface area contributed by atoms with E-state index in [1.807, 2.05) is 0 Å². The van der Waals surface area contributed by atoms with Crippen molar-refractivity contribution in [2.75, 3.05) is 6.54 Å². The van der Waals surface area contributed by atoms with Gasteiger partial charge < -0.3 is 4.90 Å². The Balaban J connectivity index is 2.16. The van der Waals surface area contributed by atoms with E-state index in [2.05, 4.69) is 0 Å². The van der Waals surface area contributed by atoms with E-state index in [4.69, 9.17) is 0 Å². The minimum atomic E-state index is -0.840. The molecular formula is C14H15F2NO2. The summed E-state index contributed by atoms with van der Waals surface area (Å²) >= 11 is 0. The van der Waals surface area contributed by atoms with E-state index in [1.165, 1.54) is 11.0 Å². The number of carbonyl (C=O) groups excluding carboxylic acids is 2. The number of amides is 1. The summed E-state index contributed by atoms with van der Waals surface area (Å²) in [5.41, 5.74) is -0.699. The Morgan fingerprint density at radius 2 is 2.05 bits per heavy atom. The molecule has 0 bridgehead atoms. The molecule has 0 aliphatic carbocycles. The molecule has 1 aromatic rings. The highest BCUT2D eigenvalue weighted by molar-refractivity contribution is 5.95. The Bertz CT molecular complexity index is 540. The molecular weight excluding hydrogens is 252 g/mol. The van der Waals surface area contributed by atoms with E-state index in [0.29, 0.717) is 13.0 Å². The molecule has 2 rings (SSSR count). The summed E-state index contributed by atoms with van der Waals surface area (Å²) in [4.78, 5) is 25.2. The van der Waals surface area contributed by atoms with Crippen LogP contribution in [0.1, 0.15) is 25.8 Å². The third-order valence-electron chi connectivity index (χ3n) is 3.58. The number of likely N-dealkylation sites (tertiary alicyclic amines) is 1. The van der Waals surface area contributed by atoms with Crippen molar-refractivity contribution in [3.8, 4) is 0 Å². The van der Waals surface area contributed by atoms with Gasteiger partial charge in [0.2, 0.25) is 5.91 Å². The van der Waals surface area contributed by atoms with E-state index in [1.54, 1.807) is 13.8 Å². The van der Waals surface area contributed by atoms with Gasteiger partial charge in [-0.2, -0.15) is 0 Å². The predicted molar refractivity (Wildman–Crippen MR) is 65.5 cm³/mol. The van der Waals surface area contributed by atoms with Gasteiger partial charge in [-0.3, -0.25) is 9.59 Å². The highest BCUT2D eigenvalue weighted by Gasteiger charge is 2.42. The van der Waals surface area contributed by atoms with Crippen LogP contribution >= 0.6 is 0 Å². The highest BCUT2D eigenvalue weighted by atomic mass is 19.1. The van der Waals surface area contributed by atoms with Gasteiger partial charge >= 0.3 is 0 Å². The van der Waals surface area contributed by atoms with Gasteiger partial charge in [0.1, 0.15) is 11.6 Å². The van der Waals surface area contributed by atoms with Crippen LogP contribution in [0.3, 0.4) is 0 Å². The van der Waals surface area contributed by atoms with Crippen LogP contribution < -0.4 is 0 Å². The Morgan fingerprint density at radius 1 is 1.37 bits per heavy atom. The van der Waals surface area contributed by atoms with Crippen molar-refractivity contribution in [1.82, 2.24) is 4.90 Å². The zero-order valence-electron chi connectivity index (χ0n) is 10.9. The molecule has 1 aromatic carbocycles. The lowest BCUT2D eigenvalue weighted by Gasteiger charge is -2.30. The van der Waals surface area contributed by atoms with Crippen LogP contribution in [0.5, 0.6) is 0 Å². The normalized spacial score (nSPS) is 17.9. The Labute approximate surface area is 110 Å². The predicted octanol–water partition coefficient (Wildman–Crippen LogP) is 2.09. The summed E-state index contributed by atoms with van der Waals surface area (Å²) in [6.45, 7) is 3.72. The molecule has 1 aliphatic rings. The van der Waals surface area contributed by atoms with Crippen molar-refractivity contribution in [3.05, 3.63) is 35.4 Å². The van der Waals surface area contributed by atoms with Crippen LogP contribution in [0.4, 0.5) is 8.78 Å². The number of hydrogen-bond acceptors (Lipinski definition) is 2. The molecule has 1 fully saturated rings. The smallest absolute Gasteiger partial charge is 0.227 e. The summed E-state index contributed by atoms with van der Waals surface area (Å²) in [6, 6.07) is 3.13. The summed E-state index contributed by atoms with van der Waals surface area (Å²) in [6.07, 6.45) is 0.160. The maximum absolute atomic E-state index is 13.5. The molecule has 102 valence electrons. The largest absolute Gasteiger partial charge is 0.330 e. The van der Waals surface area contributed by atoms with Gasteiger partial charge in [0.15, 0.2) is 5.78 Å². The molecule has 3 nitrogen and oxygen atoms in total. The lowest BCUT2D eigenvalue weighted by atomic mass is 10.00. The van der Waals surface area contributed by atoms with Gasteiger partial charge in [-0.15, -0.1) is 0 Å². The third-order valence-corrected chi connectivity index (χ3v) is 3.58. The maximum Gasteiger partial charge on any atom is 0.227 e. The molecule has 0 aromatic heterocycles. The first-order valence-corrected chi connectivity index (χ1v) is 6.10. The van der Waals surface area contributed by atoms with E-state index < -0.39 is 17.2 Å². The van der Waals surface area contributed by atoms with Crippen molar-refractivity contribution in [2.24, 2.45) is 0 Å². The van der Waals surface area contributed by atoms with Crippen LogP contribution in [-0.4, -0.2) is 28.7 Å². The van der Waals surface area contributed by atoms with Crippen molar-refractivity contribution in [1.29, 1.82) is 0 Å². The molecule has 0 N–H and O–H groups in total. The van der Waals surface area contributed by atoms with Gasteiger partial charge in [0.25, 0.3) is 0 Å². The number of nitrogens with zero attached hydrogens (tertiary/aromatic N) is 1. The second kappa shape index (κ2) is 4.72. The standard InChI is InChI=1S/C14H15F2NO2/c1-14(2)12(18)5-6-17(14)13(19)7-9-3-4-10(15)8-11(9)16/h3-4,8H,5-7H2,1-2H3. The topological polar surface area (TPSA) is 37.4 Å². The van der Waals surface area contributed by atoms with Crippen LogP contribution in [0.15, 0.2) is 18.2 Å². The van der Waals surface area contributed by atoms with Gasteiger partial charge in [0, 0.05) is 19.0 Å². The number of carbonyl (C=O) groups is 2.